The molecule has 0 unspecified atom stereocenters. The third kappa shape index (κ3) is 3.85. The summed E-state index contributed by atoms with van der Waals surface area (Å²) in [5, 5.41) is 17.5. The molecule has 6 rings (SSSR count). The van der Waals surface area contributed by atoms with Crippen molar-refractivity contribution < 1.29 is 9.31 Å². The maximum absolute atomic E-state index is 13.7. The van der Waals surface area contributed by atoms with Gasteiger partial charge in [-0.1, -0.05) is 54.6 Å². The number of rotatable bonds is 4. The Labute approximate surface area is 211 Å². The maximum atomic E-state index is 13.7. The number of nitrogens with zero attached hydrogens (tertiary/aromatic N) is 1. The lowest BCUT2D eigenvalue weighted by atomic mass is 9.75. The lowest BCUT2D eigenvalue weighted by molar-refractivity contribution is -0.387. The van der Waals surface area contributed by atoms with Gasteiger partial charge in [0.2, 0.25) is 0 Å². The van der Waals surface area contributed by atoms with Gasteiger partial charge >= 0.3 is 0 Å². The van der Waals surface area contributed by atoms with Gasteiger partial charge in [0, 0.05) is 22.9 Å². The molecule has 4 aromatic rings. The molecule has 1 aliphatic heterocycles. The quantitative estimate of drug-likeness (QED) is 0.174. The molecule has 0 spiro atoms. The second-order valence-electron chi connectivity index (χ2n) is 9.17. The smallest absolute Gasteiger partial charge is 0.282 e. The van der Waals surface area contributed by atoms with Crippen LogP contribution in [0.2, 0.25) is 0 Å². The van der Waals surface area contributed by atoms with Gasteiger partial charge < -0.3 is 5.32 Å². The van der Waals surface area contributed by atoms with Crippen LogP contribution in [-0.2, 0) is 0 Å². The van der Waals surface area contributed by atoms with Crippen LogP contribution in [0, 0.1) is 21.8 Å². The minimum Gasteiger partial charge on any atom is -0.378 e. The van der Waals surface area contributed by atoms with Gasteiger partial charge in [-0.05, 0) is 58.5 Å². The van der Waals surface area contributed by atoms with Crippen molar-refractivity contribution in [2.24, 2.45) is 5.92 Å². The van der Waals surface area contributed by atoms with E-state index in [1.165, 1.54) is 34.8 Å². The molecule has 0 radical (unpaired) electrons. The summed E-state index contributed by atoms with van der Waals surface area (Å²) in [6, 6.07) is 26.0. The van der Waals surface area contributed by atoms with E-state index in [0.29, 0.717) is 4.90 Å². The van der Waals surface area contributed by atoms with Gasteiger partial charge in [0.1, 0.15) is 5.82 Å². The van der Waals surface area contributed by atoms with E-state index in [0.717, 1.165) is 23.1 Å². The van der Waals surface area contributed by atoms with Crippen LogP contribution in [0.15, 0.2) is 89.8 Å². The highest BCUT2D eigenvalue weighted by Gasteiger charge is 2.50. The minimum atomic E-state index is -0.334. The van der Waals surface area contributed by atoms with Crippen molar-refractivity contribution in [1.29, 1.82) is 0 Å². The predicted molar refractivity (Wildman–Crippen MR) is 140 cm³/mol. The van der Waals surface area contributed by atoms with Crippen molar-refractivity contribution >= 4 is 45.5 Å². The molecule has 7 heteroatoms. The number of benzene rings is 4. The molecule has 0 aromatic heterocycles. The van der Waals surface area contributed by atoms with Gasteiger partial charge in [-0.2, -0.15) is 0 Å². The molecule has 0 bridgehead atoms. The van der Waals surface area contributed by atoms with Crippen molar-refractivity contribution in [3.63, 3.8) is 0 Å². The van der Waals surface area contributed by atoms with Crippen molar-refractivity contribution in [2.45, 2.75) is 33.9 Å². The van der Waals surface area contributed by atoms with Crippen LogP contribution in [0.3, 0.4) is 0 Å². The number of nitro groups is 1. The van der Waals surface area contributed by atoms with Gasteiger partial charge in [-0.25, -0.2) is 4.39 Å². The van der Waals surface area contributed by atoms with Crippen LogP contribution < -0.4 is 5.32 Å². The number of halogens is 2. The molecule has 1 N–H and O–H groups in total. The maximum Gasteiger partial charge on any atom is 0.282 e. The van der Waals surface area contributed by atoms with E-state index in [4.69, 9.17) is 11.6 Å². The largest absolute Gasteiger partial charge is 0.378 e. The molecule has 0 saturated heterocycles. The van der Waals surface area contributed by atoms with Crippen molar-refractivity contribution in [2.75, 3.05) is 5.32 Å². The van der Waals surface area contributed by atoms with Crippen molar-refractivity contribution in [3.05, 3.63) is 112 Å². The highest BCUT2D eigenvalue weighted by atomic mass is 35.5. The number of para-hydroxylation sites is 1. The number of anilines is 1. The molecule has 2 aliphatic rings. The summed E-state index contributed by atoms with van der Waals surface area (Å²) >= 11 is 8.76. The summed E-state index contributed by atoms with van der Waals surface area (Å²) in [4.78, 5) is 11.9. The number of nitro benzene ring substituents is 1. The molecule has 4 aromatic carbocycles. The molecule has 1 saturated carbocycles. The van der Waals surface area contributed by atoms with Crippen LogP contribution in [0.4, 0.5) is 15.8 Å². The number of hydrogen-bond donors (Lipinski definition) is 1. The third-order valence-corrected chi connectivity index (χ3v) is 9.39. The SMILES string of the molecule is O=[N+]([O-])c1ccccc1S[C@H]1C[C@H]2[C@@H](c3c(ccc4ccccc34)N[C@H]2c2ccc(F)cc2)[C@H]1Cl. The average Bonchev–Trinajstić information content (AvgIpc) is 3.20. The minimum absolute atomic E-state index is 0.0116. The number of thioether (sulfide) groups is 1. The summed E-state index contributed by atoms with van der Waals surface area (Å²) in [5.41, 5.74) is 3.37. The lowest BCUT2D eigenvalue weighted by Gasteiger charge is -2.39. The summed E-state index contributed by atoms with van der Waals surface area (Å²) in [6.07, 6.45) is 0.785. The number of fused-ring (bicyclic) bond motifs is 5. The second-order valence-corrected chi connectivity index (χ2v) is 11.0. The number of alkyl halides is 1. The molecule has 1 aliphatic carbocycles. The lowest BCUT2D eigenvalue weighted by Crippen LogP contribution is -2.31. The Balaban J connectivity index is 1.45. The first kappa shape index (κ1) is 22.4. The molecule has 176 valence electrons. The van der Waals surface area contributed by atoms with Gasteiger partial charge in [-0.3, -0.25) is 10.1 Å². The topological polar surface area (TPSA) is 55.2 Å². The molecule has 35 heavy (non-hydrogen) atoms. The highest BCUT2D eigenvalue weighted by molar-refractivity contribution is 8.00. The predicted octanol–water partition coefficient (Wildman–Crippen LogP) is 7.93. The Kier molecular flexibility index (Phi) is 5.66. The van der Waals surface area contributed by atoms with Crippen LogP contribution in [0.25, 0.3) is 10.8 Å². The molecule has 0 amide bonds. The van der Waals surface area contributed by atoms with E-state index in [2.05, 4.69) is 29.6 Å². The van der Waals surface area contributed by atoms with E-state index in [-0.39, 0.29) is 44.9 Å². The second kappa shape index (κ2) is 8.85. The van der Waals surface area contributed by atoms with Gasteiger partial charge in [0.15, 0.2) is 0 Å². The zero-order chi connectivity index (χ0) is 24.1. The molecule has 1 fully saturated rings. The molecule has 1 heterocycles. The Morgan fingerprint density at radius 1 is 0.971 bits per heavy atom. The van der Waals surface area contributed by atoms with Crippen molar-refractivity contribution in [1.82, 2.24) is 0 Å². The molecule has 4 nitrogen and oxygen atoms in total. The first-order chi connectivity index (χ1) is 17.0. The zero-order valence-corrected chi connectivity index (χ0v) is 20.2. The molecular formula is C28H22ClFN2O2S. The Bertz CT molecular complexity index is 1430. The summed E-state index contributed by atoms with van der Waals surface area (Å²) in [6.45, 7) is 0. The van der Waals surface area contributed by atoms with Crippen LogP contribution in [0.5, 0.6) is 0 Å². The zero-order valence-electron chi connectivity index (χ0n) is 18.6. The monoisotopic (exact) mass is 504 g/mol. The average molecular weight is 505 g/mol. The fourth-order valence-corrected chi connectivity index (χ4v) is 7.70. The van der Waals surface area contributed by atoms with Crippen LogP contribution in [0.1, 0.15) is 29.5 Å². The Hall–Kier alpha value is -3.09. The fraction of sp³-hybridized carbons (Fsp3) is 0.214. The van der Waals surface area contributed by atoms with Crippen molar-refractivity contribution in [3.8, 4) is 0 Å². The first-order valence-electron chi connectivity index (χ1n) is 11.6. The van der Waals surface area contributed by atoms with Crippen LogP contribution >= 0.6 is 23.4 Å². The van der Waals surface area contributed by atoms with E-state index in [1.807, 2.05) is 30.3 Å². The third-order valence-electron chi connectivity index (χ3n) is 7.28. The Morgan fingerprint density at radius 3 is 2.51 bits per heavy atom. The van der Waals surface area contributed by atoms with E-state index in [1.54, 1.807) is 18.2 Å². The van der Waals surface area contributed by atoms with Gasteiger partial charge in [0.05, 0.1) is 21.2 Å². The number of hydrogen-bond acceptors (Lipinski definition) is 4. The first-order valence-corrected chi connectivity index (χ1v) is 12.9. The van der Waals surface area contributed by atoms with E-state index >= 15 is 0 Å². The van der Waals surface area contributed by atoms with Gasteiger partial charge in [0.25, 0.3) is 5.69 Å². The van der Waals surface area contributed by atoms with E-state index < -0.39 is 0 Å². The molecule has 5 atom stereocenters. The van der Waals surface area contributed by atoms with Crippen LogP contribution in [-0.4, -0.2) is 15.6 Å². The Morgan fingerprint density at radius 2 is 1.71 bits per heavy atom. The van der Waals surface area contributed by atoms with Gasteiger partial charge in [-0.15, -0.1) is 23.4 Å². The summed E-state index contributed by atoms with van der Waals surface area (Å²) in [7, 11) is 0. The summed E-state index contributed by atoms with van der Waals surface area (Å²) in [5.74, 6) is -0.0603. The standard InChI is InChI=1S/C28H22ClFN2O2S/c29-27-24(35-23-8-4-3-7-22(23)32(33)34)15-20-26(27)25-19-6-2-1-5-16(19)11-14-21(25)31-28(20)17-9-12-18(30)13-10-17/h1-14,20,24,26-28,31H,15H2/t20-,24-,26-,27-,28-/m0/s1. The molecular weight excluding hydrogens is 483 g/mol. The fourth-order valence-electron chi connectivity index (χ4n) is 5.77. The highest BCUT2D eigenvalue weighted by Crippen LogP contribution is 2.59. The summed E-state index contributed by atoms with van der Waals surface area (Å²) < 4.78 is 13.7. The number of nitrogens with one attached hydrogen (secondary N) is 1. The normalized spacial score (nSPS) is 25.0. The van der Waals surface area contributed by atoms with E-state index in [9.17, 15) is 14.5 Å².